The van der Waals surface area contributed by atoms with E-state index in [2.05, 4.69) is 25.4 Å². The Morgan fingerprint density at radius 1 is 1.47 bits per heavy atom. The first kappa shape index (κ1) is 9.30. The number of piperidine rings is 3. The molecule has 3 aliphatic rings. The van der Waals surface area contributed by atoms with Crippen LogP contribution in [0.3, 0.4) is 0 Å². The van der Waals surface area contributed by atoms with E-state index >= 15 is 0 Å². The Kier molecular flexibility index (Phi) is 2.42. The van der Waals surface area contributed by atoms with E-state index in [1.165, 1.54) is 32.5 Å². The van der Waals surface area contributed by atoms with E-state index in [4.69, 9.17) is 0 Å². The average molecular weight is 207 g/mol. The summed E-state index contributed by atoms with van der Waals surface area (Å²) in [4.78, 5) is 6.67. The maximum absolute atomic E-state index is 4.12. The van der Waals surface area contributed by atoms with E-state index in [1.54, 1.807) is 6.33 Å². The predicted molar refractivity (Wildman–Crippen MR) is 56.2 cm³/mol. The normalized spacial score (nSPS) is 34.5. The molecule has 0 radical (unpaired) electrons. The Labute approximate surface area is 89.3 Å². The van der Waals surface area contributed by atoms with Crippen molar-refractivity contribution >= 4 is 0 Å². The van der Waals surface area contributed by atoms with Gasteiger partial charge < -0.3 is 10.2 Å². The molecule has 5 heteroatoms. The maximum Gasteiger partial charge on any atom is 0.138 e. The van der Waals surface area contributed by atoms with Crippen molar-refractivity contribution < 1.29 is 0 Å². The molecule has 2 N–H and O–H groups in total. The Morgan fingerprint density at radius 3 is 2.93 bits per heavy atom. The van der Waals surface area contributed by atoms with E-state index < -0.39 is 0 Å². The Bertz CT molecular complexity index is 302. The smallest absolute Gasteiger partial charge is 0.138 e. The van der Waals surface area contributed by atoms with Gasteiger partial charge in [-0.15, -0.1) is 0 Å². The number of H-pyrrole nitrogens is 1. The molecule has 1 atom stereocenters. The summed E-state index contributed by atoms with van der Waals surface area (Å²) in [6.45, 7) is 4.62. The molecule has 3 aliphatic heterocycles. The molecule has 4 rings (SSSR count). The number of aromatic amines is 1. The number of rotatable bonds is 3. The van der Waals surface area contributed by atoms with E-state index in [0.29, 0.717) is 6.04 Å². The number of fused-ring (bicyclic) bond motifs is 3. The number of nitrogens with zero attached hydrogens (tertiary/aromatic N) is 3. The third kappa shape index (κ3) is 1.89. The second kappa shape index (κ2) is 3.90. The van der Waals surface area contributed by atoms with Crippen LogP contribution in [0.2, 0.25) is 0 Å². The van der Waals surface area contributed by atoms with Gasteiger partial charge in [0.1, 0.15) is 12.2 Å². The highest BCUT2D eigenvalue weighted by Gasteiger charge is 2.33. The molecule has 82 valence electrons. The summed E-state index contributed by atoms with van der Waals surface area (Å²) in [5.41, 5.74) is 0. The zero-order chi connectivity index (χ0) is 10.1. The van der Waals surface area contributed by atoms with Crippen LogP contribution >= 0.6 is 0 Å². The summed E-state index contributed by atoms with van der Waals surface area (Å²) in [5, 5.41) is 10.3. The van der Waals surface area contributed by atoms with Gasteiger partial charge in [0.15, 0.2) is 0 Å². The van der Waals surface area contributed by atoms with Gasteiger partial charge in [-0.3, -0.25) is 5.10 Å². The van der Waals surface area contributed by atoms with Crippen molar-refractivity contribution in [1.82, 2.24) is 25.4 Å². The second-order valence-electron chi connectivity index (χ2n) is 4.56. The van der Waals surface area contributed by atoms with Crippen molar-refractivity contribution in [3.05, 3.63) is 12.2 Å². The summed E-state index contributed by atoms with van der Waals surface area (Å²) < 4.78 is 0. The summed E-state index contributed by atoms with van der Waals surface area (Å²) in [6.07, 6.45) is 4.27. The third-order valence-electron chi connectivity index (χ3n) is 3.65. The first-order valence-electron chi connectivity index (χ1n) is 5.72. The van der Waals surface area contributed by atoms with Gasteiger partial charge in [0, 0.05) is 12.6 Å². The summed E-state index contributed by atoms with van der Waals surface area (Å²) in [6, 6.07) is 0.651. The predicted octanol–water partition coefficient (Wildman–Crippen LogP) is -0.0115. The SMILES string of the molecule is c1n[nH]c(CNC2CN3CCC2CC3)n1. The molecule has 0 aliphatic carbocycles. The highest BCUT2D eigenvalue weighted by atomic mass is 15.2. The molecule has 0 spiro atoms. The fourth-order valence-corrected chi connectivity index (χ4v) is 2.74. The van der Waals surface area contributed by atoms with Gasteiger partial charge in [0.2, 0.25) is 0 Å². The monoisotopic (exact) mass is 207 g/mol. The molecular weight excluding hydrogens is 190 g/mol. The minimum absolute atomic E-state index is 0.651. The van der Waals surface area contributed by atoms with E-state index in [-0.39, 0.29) is 0 Å². The van der Waals surface area contributed by atoms with Crippen LogP contribution in [0.15, 0.2) is 6.33 Å². The molecule has 0 saturated carbocycles. The standard InChI is InChI=1S/C10H17N5/c1-3-15-4-2-8(1)9(6-15)11-5-10-12-7-13-14-10/h7-9,11H,1-6H2,(H,12,13,14). The molecule has 3 saturated heterocycles. The van der Waals surface area contributed by atoms with Gasteiger partial charge in [-0.05, 0) is 31.8 Å². The van der Waals surface area contributed by atoms with E-state index in [0.717, 1.165) is 18.3 Å². The van der Waals surface area contributed by atoms with Gasteiger partial charge >= 0.3 is 0 Å². The fourth-order valence-electron chi connectivity index (χ4n) is 2.74. The molecule has 15 heavy (non-hydrogen) atoms. The Morgan fingerprint density at radius 2 is 2.33 bits per heavy atom. The third-order valence-corrected chi connectivity index (χ3v) is 3.65. The number of nitrogens with one attached hydrogen (secondary N) is 2. The van der Waals surface area contributed by atoms with Crippen LogP contribution in [0, 0.1) is 5.92 Å². The van der Waals surface area contributed by atoms with Gasteiger partial charge in [-0.2, -0.15) is 5.10 Å². The molecule has 2 bridgehead atoms. The highest BCUT2D eigenvalue weighted by molar-refractivity contribution is 4.92. The van der Waals surface area contributed by atoms with Crippen molar-refractivity contribution in [1.29, 1.82) is 0 Å². The summed E-state index contributed by atoms with van der Waals surface area (Å²) in [5.74, 6) is 1.81. The molecule has 1 unspecified atom stereocenters. The minimum Gasteiger partial charge on any atom is -0.305 e. The molecule has 1 aromatic rings. The lowest BCUT2D eigenvalue weighted by Gasteiger charge is -2.45. The molecule has 0 aromatic carbocycles. The van der Waals surface area contributed by atoms with Gasteiger partial charge in [0.05, 0.1) is 6.54 Å². The van der Waals surface area contributed by atoms with Crippen LogP contribution in [0.25, 0.3) is 0 Å². The van der Waals surface area contributed by atoms with Gasteiger partial charge in [-0.25, -0.2) is 4.98 Å². The molecule has 4 heterocycles. The zero-order valence-corrected chi connectivity index (χ0v) is 8.82. The van der Waals surface area contributed by atoms with Crippen LogP contribution in [-0.2, 0) is 6.54 Å². The first-order chi connectivity index (χ1) is 7.42. The van der Waals surface area contributed by atoms with Crippen molar-refractivity contribution in [2.24, 2.45) is 5.92 Å². The van der Waals surface area contributed by atoms with E-state index in [9.17, 15) is 0 Å². The first-order valence-corrected chi connectivity index (χ1v) is 5.72. The van der Waals surface area contributed by atoms with Crippen LogP contribution < -0.4 is 5.32 Å². The molecule has 5 nitrogen and oxygen atoms in total. The number of hydrogen-bond acceptors (Lipinski definition) is 4. The van der Waals surface area contributed by atoms with Crippen molar-refractivity contribution in [2.45, 2.75) is 25.4 Å². The van der Waals surface area contributed by atoms with Crippen LogP contribution in [0.4, 0.5) is 0 Å². The highest BCUT2D eigenvalue weighted by Crippen LogP contribution is 2.27. The lowest BCUT2D eigenvalue weighted by molar-refractivity contribution is 0.0717. The Hall–Kier alpha value is -0.940. The fraction of sp³-hybridized carbons (Fsp3) is 0.800. The van der Waals surface area contributed by atoms with E-state index in [1.807, 2.05) is 0 Å². The van der Waals surface area contributed by atoms with Gasteiger partial charge in [-0.1, -0.05) is 0 Å². The molecular formula is C10H17N5. The number of hydrogen-bond donors (Lipinski definition) is 2. The minimum atomic E-state index is 0.651. The van der Waals surface area contributed by atoms with Crippen molar-refractivity contribution in [3.63, 3.8) is 0 Å². The quantitative estimate of drug-likeness (QED) is 0.732. The largest absolute Gasteiger partial charge is 0.305 e. The lowest BCUT2D eigenvalue weighted by atomic mass is 9.84. The average Bonchev–Trinajstić information content (AvgIpc) is 2.81. The lowest BCUT2D eigenvalue weighted by Crippen LogP contribution is -2.55. The van der Waals surface area contributed by atoms with Crippen molar-refractivity contribution in [3.8, 4) is 0 Å². The summed E-state index contributed by atoms with van der Waals surface area (Å²) >= 11 is 0. The number of aromatic nitrogens is 3. The topological polar surface area (TPSA) is 56.8 Å². The molecule has 1 aromatic heterocycles. The maximum atomic E-state index is 4.12. The zero-order valence-electron chi connectivity index (χ0n) is 8.82. The van der Waals surface area contributed by atoms with Crippen molar-refractivity contribution in [2.75, 3.05) is 19.6 Å². The van der Waals surface area contributed by atoms with Crippen LogP contribution in [-0.4, -0.2) is 45.8 Å². The van der Waals surface area contributed by atoms with Gasteiger partial charge in [0.25, 0.3) is 0 Å². The second-order valence-corrected chi connectivity index (χ2v) is 4.56. The Balaban J connectivity index is 1.55. The van der Waals surface area contributed by atoms with Crippen LogP contribution in [0.1, 0.15) is 18.7 Å². The summed E-state index contributed by atoms with van der Waals surface area (Å²) in [7, 11) is 0. The molecule has 0 amide bonds. The van der Waals surface area contributed by atoms with Crippen LogP contribution in [0.5, 0.6) is 0 Å². The molecule has 3 fully saturated rings.